The molecular formula is C19H21N3O4. The molecule has 1 aromatic carbocycles. The molecule has 0 aromatic heterocycles. The fourth-order valence-electron chi connectivity index (χ4n) is 2.88. The molecule has 0 spiro atoms. The van der Waals surface area contributed by atoms with Gasteiger partial charge in [-0.05, 0) is 38.0 Å². The van der Waals surface area contributed by atoms with Crippen molar-refractivity contribution in [2.24, 2.45) is 11.8 Å². The van der Waals surface area contributed by atoms with E-state index in [-0.39, 0.29) is 24.6 Å². The second-order valence-corrected chi connectivity index (χ2v) is 6.44. The summed E-state index contributed by atoms with van der Waals surface area (Å²) in [5.41, 5.74) is 2.70. The molecule has 1 aliphatic rings. The number of nitriles is 1. The van der Waals surface area contributed by atoms with E-state index in [0.29, 0.717) is 0 Å². The van der Waals surface area contributed by atoms with E-state index < -0.39 is 30.2 Å². The van der Waals surface area contributed by atoms with Crippen molar-refractivity contribution in [1.29, 1.82) is 10.7 Å². The Balaban J connectivity index is 2.01. The van der Waals surface area contributed by atoms with E-state index in [1.807, 2.05) is 32.0 Å². The van der Waals surface area contributed by atoms with Crippen LogP contribution in [-0.4, -0.2) is 36.5 Å². The van der Waals surface area contributed by atoms with E-state index in [0.717, 1.165) is 16.8 Å². The van der Waals surface area contributed by atoms with Gasteiger partial charge in [0.05, 0.1) is 12.0 Å². The van der Waals surface area contributed by atoms with Gasteiger partial charge in [0.25, 0.3) is 0 Å². The van der Waals surface area contributed by atoms with Crippen LogP contribution in [0.3, 0.4) is 0 Å². The van der Waals surface area contributed by atoms with Gasteiger partial charge in [-0.1, -0.05) is 12.1 Å². The van der Waals surface area contributed by atoms with Gasteiger partial charge < -0.3 is 15.0 Å². The van der Waals surface area contributed by atoms with Crippen molar-refractivity contribution in [3.63, 3.8) is 0 Å². The van der Waals surface area contributed by atoms with E-state index in [9.17, 15) is 14.4 Å². The monoisotopic (exact) mass is 355 g/mol. The Hall–Kier alpha value is -3.01. The highest BCUT2D eigenvalue weighted by Crippen LogP contribution is 2.29. The van der Waals surface area contributed by atoms with Crippen LogP contribution >= 0.6 is 0 Å². The predicted octanol–water partition coefficient (Wildman–Crippen LogP) is 1.95. The first-order valence-corrected chi connectivity index (χ1v) is 8.26. The molecule has 1 heterocycles. The predicted molar refractivity (Wildman–Crippen MR) is 94.8 cm³/mol. The number of benzene rings is 1. The highest BCUT2D eigenvalue weighted by molar-refractivity contribution is 6.06. The third-order valence-electron chi connectivity index (χ3n) is 4.57. The van der Waals surface area contributed by atoms with Crippen molar-refractivity contribution >= 4 is 29.1 Å². The molecule has 1 saturated heterocycles. The molecule has 26 heavy (non-hydrogen) atoms. The highest BCUT2D eigenvalue weighted by Gasteiger charge is 2.37. The first-order chi connectivity index (χ1) is 12.3. The normalized spacial score (nSPS) is 17.5. The van der Waals surface area contributed by atoms with E-state index in [2.05, 4.69) is 0 Å². The van der Waals surface area contributed by atoms with Gasteiger partial charge in [0, 0.05) is 24.4 Å². The maximum atomic E-state index is 12.3. The number of carbonyl (C=O) groups excluding carboxylic acids is 3. The molecular weight excluding hydrogens is 334 g/mol. The number of hydrogen-bond donors (Lipinski definition) is 1. The van der Waals surface area contributed by atoms with Crippen LogP contribution in [0.4, 0.5) is 5.69 Å². The molecule has 136 valence electrons. The molecule has 1 amide bonds. The van der Waals surface area contributed by atoms with Crippen molar-refractivity contribution in [2.75, 3.05) is 18.1 Å². The molecule has 0 unspecified atom stereocenters. The Kier molecular flexibility index (Phi) is 5.88. The summed E-state index contributed by atoms with van der Waals surface area (Å²) in [5.74, 6) is -3.31. The lowest BCUT2D eigenvalue weighted by Crippen LogP contribution is -2.29. The van der Waals surface area contributed by atoms with Crippen LogP contribution in [0.15, 0.2) is 18.2 Å². The molecule has 0 aliphatic carbocycles. The number of ketones is 1. The van der Waals surface area contributed by atoms with Gasteiger partial charge in [-0.15, -0.1) is 0 Å². The van der Waals surface area contributed by atoms with Gasteiger partial charge in [0.15, 0.2) is 12.4 Å². The van der Waals surface area contributed by atoms with E-state index in [1.165, 1.54) is 6.92 Å². The smallest absolute Gasteiger partial charge is 0.311 e. The number of ether oxygens (including phenoxy) is 1. The Morgan fingerprint density at radius 1 is 1.42 bits per heavy atom. The lowest BCUT2D eigenvalue weighted by atomic mass is 10.0. The van der Waals surface area contributed by atoms with Gasteiger partial charge in [0.1, 0.15) is 5.92 Å². The summed E-state index contributed by atoms with van der Waals surface area (Å²) in [6, 6.07) is 7.36. The summed E-state index contributed by atoms with van der Waals surface area (Å²) in [6.07, 6.45) is 0.0195. The number of rotatable bonds is 6. The Bertz CT molecular complexity index is 809. The minimum atomic E-state index is -1.21. The molecule has 0 saturated carbocycles. The summed E-state index contributed by atoms with van der Waals surface area (Å²) in [4.78, 5) is 37.9. The Morgan fingerprint density at radius 2 is 2.12 bits per heavy atom. The van der Waals surface area contributed by atoms with E-state index in [4.69, 9.17) is 15.4 Å². The molecule has 2 atom stereocenters. The fourth-order valence-corrected chi connectivity index (χ4v) is 2.88. The third-order valence-corrected chi connectivity index (χ3v) is 4.57. The summed E-state index contributed by atoms with van der Waals surface area (Å²) >= 11 is 0. The average molecular weight is 355 g/mol. The molecule has 1 aromatic rings. The van der Waals surface area contributed by atoms with Crippen LogP contribution in [0.1, 0.15) is 24.5 Å². The van der Waals surface area contributed by atoms with Crippen LogP contribution in [0, 0.1) is 42.4 Å². The molecule has 7 nitrogen and oxygen atoms in total. The first kappa shape index (κ1) is 19.3. The van der Waals surface area contributed by atoms with Gasteiger partial charge in [-0.2, -0.15) is 5.26 Å². The van der Waals surface area contributed by atoms with Gasteiger partial charge in [-0.25, -0.2) is 0 Å². The number of nitrogens with zero attached hydrogens (tertiary/aromatic N) is 2. The third kappa shape index (κ3) is 3.97. The topological polar surface area (TPSA) is 111 Å². The molecule has 1 N–H and O–H groups in total. The standard InChI is InChI=1S/C19H21N3O4/c1-11-5-4-6-16(12(11)2)22-9-14(7-18(22)24)19(25)26-10-17(23)15(8-20)13(3)21/h4-6,14-15,21H,7,9-10H2,1-3H3/t14-,15+/m0/s1. The minimum absolute atomic E-state index is 0.0195. The molecule has 7 heteroatoms. The lowest BCUT2D eigenvalue weighted by molar-refractivity contribution is -0.152. The number of esters is 1. The van der Waals surface area contributed by atoms with Crippen LogP contribution < -0.4 is 4.90 Å². The summed E-state index contributed by atoms with van der Waals surface area (Å²) in [7, 11) is 0. The van der Waals surface area contributed by atoms with Crippen molar-refractivity contribution in [1.82, 2.24) is 0 Å². The number of amides is 1. The van der Waals surface area contributed by atoms with E-state index >= 15 is 0 Å². The summed E-state index contributed by atoms with van der Waals surface area (Å²) in [6.45, 7) is 4.85. The lowest BCUT2D eigenvalue weighted by Gasteiger charge is -2.20. The second-order valence-electron chi connectivity index (χ2n) is 6.44. The molecule has 2 rings (SSSR count). The van der Waals surface area contributed by atoms with Crippen LogP contribution in [0.25, 0.3) is 0 Å². The van der Waals surface area contributed by atoms with Crippen LogP contribution in [0.2, 0.25) is 0 Å². The number of aryl methyl sites for hydroxylation is 1. The SMILES string of the molecule is CC(=N)[C@@H](C#N)C(=O)COC(=O)[C@H]1CC(=O)N(c2cccc(C)c2C)C1. The molecule has 0 radical (unpaired) electrons. The molecule has 0 bridgehead atoms. The fraction of sp³-hybridized carbons (Fsp3) is 0.421. The number of carbonyl (C=O) groups is 3. The van der Waals surface area contributed by atoms with Crippen LogP contribution in [-0.2, 0) is 19.1 Å². The summed E-state index contributed by atoms with van der Waals surface area (Å²) in [5, 5.41) is 16.3. The quantitative estimate of drug-likeness (QED) is 0.619. The van der Waals surface area contributed by atoms with Gasteiger partial charge in [0.2, 0.25) is 5.91 Å². The number of nitrogens with one attached hydrogen (secondary N) is 1. The van der Waals surface area contributed by atoms with Gasteiger partial charge in [-0.3, -0.25) is 14.4 Å². The molecule has 1 fully saturated rings. The number of hydrogen-bond acceptors (Lipinski definition) is 6. The van der Waals surface area contributed by atoms with Crippen molar-refractivity contribution in [3.05, 3.63) is 29.3 Å². The Morgan fingerprint density at radius 3 is 2.73 bits per heavy atom. The molecule has 1 aliphatic heterocycles. The second kappa shape index (κ2) is 7.91. The summed E-state index contributed by atoms with van der Waals surface area (Å²) < 4.78 is 4.99. The van der Waals surface area contributed by atoms with Crippen molar-refractivity contribution in [2.45, 2.75) is 27.2 Å². The first-order valence-electron chi connectivity index (χ1n) is 8.26. The maximum absolute atomic E-state index is 12.3. The minimum Gasteiger partial charge on any atom is -0.457 e. The number of Topliss-reactive ketones (excluding diaryl/α,β-unsaturated/α-hetero) is 1. The largest absolute Gasteiger partial charge is 0.457 e. The Labute approximate surface area is 152 Å². The zero-order valence-electron chi connectivity index (χ0n) is 15.0. The van der Waals surface area contributed by atoms with E-state index in [1.54, 1.807) is 11.0 Å². The van der Waals surface area contributed by atoms with Crippen molar-refractivity contribution in [3.8, 4) is 6.07 Å². The number of anilines is 1. The highest BCUT2D eigenvalue weighted by atomic mass is 16.5. The average Bonchev–Trinajstić information content (AvgIpc) is 2.97. The zero-order valence-corrected chi connectivity index (χ0v) is 15.0. The van der Waals surface area contributed by atoms with Gasteiger partial charge >= 0.3 is 5.97 Å². The van der Waals surface area contributed by atoms with Crippen molar-refractivity contribution < 1.29 is 19.1 Å². The zero-order chi connectivity index (χ0) is 19.4. The van der Waals surface area contributed by atoms with Crippen LogP contribution in [0.5, 0.6) is 0 Å². The maximum Gasteiger partial charge on any atom is 0.311 e.